The summed E-state index contributed by atoms with van der Waals surface area (Å²) < 4.78 is 34.9. The first-order valence-electron chi connectivity index (χ1n) is 11.4. The van der Waals surface area contributed by atoms with Gasteiger partial charge >= 0.3 is 0 Å². The van der Waals surface area contributed by atoms with Crippen molar-refractivity contribution in [1.29, 1.82) is 0 Å². The number of morpholine rings is 1. The number of aryl methyl sites for hydroxylation is 2. The van der Waals surface area contributed by atoms with E-state index >= 15 is 0 Å². The Hall–Kier alpha value is -3.02. The molecule has 2 saturated heterocycles. The van der Waals surface area contributed by atoms with Gasteiger partial charge in [-0.1, -0.05) is 0 Å². The molecule has 2 aliphatic heterocycles. The van der Waals surface area contributed by atoms with Gasteiger partial charge in [0, 0.05) is 44.3 Å². The fourth-order valence-corrected chi connectivity index (χ4v) is 6.04. The van der Waals surface area contributed by atoms with E-state index in [1.807, 2.05) is 20.0 Å². The highest BCUT2D eigenvalue weighted by molar-refractivity contribution is 7.89. The minimum Gasteiger partial charge on any atom is -0.379 e. The first-order valence-corrected chi connectivity index (χ1v) is 12.9. The fraction of sp³-hybridized carbons (Fsp3) is 0.435. The second-order valence-corrected chi connectivity index (χ2v) is 10.6. The molecule has 11 heteroatoms. The van der Waals surface area contributed by atoms with E-state index in [2.05, 4.69) is 20.3 Å². The molecule has 0 saturated carbocycles. The molecule has 10 nitrogen and oxygen atoms in total. The summed E-state index contributed by atoms with van der Waals surface area (Å²) in [6.45, 7) is 4.88. The number of nitrogens with zero attached hydrogens (tertiary/aromatic N) is 5. The van der Waals surface area contributed by atoms with Gasteiger partial charge in [0.05, 0.1) is 41.3 Å². The summed E-state index contributed by atoms with van der Waals surface area (Å²) in [6.07, 6.45) is 3.66. The molecule has 1 N–H and O–H groups in total. The third-order valence-corrected chi connectivity index (χ3v) is 8.28. The van der Waals surface area contributed by atoms with Crippen LogP contribution in [0.1, 0.15) is 28.9 Å². The van der Waals surface area contributed by atoms with Gasteiger partial charge in [-0.25, -0.2) is 13.4 Å². The number of ether oxygens (including phenoxy) is 1. The molecular formula is C23H28N6O4S. The number of hydrogen-bond donors (Lipinski definition) is 1. The Bertz CT molecular complexity index is 1340. The molecule has 5 rings (SSSR count). The van der Waals surface area contributed by atoms with Crippen LogP contribution in [0.3, 0.4) is 0 Å². The number of carbonyl (C=O) groups is 1. The van der Waals surface area contributed by atoms with Crippen LogP contribution in [0.25, 0.3) is 11.0 Å². The lowest BCUT2D eigenvalue weighted by molar-refractivity contribution is 0.0730. The van der Waals surface area contributed by atoms with Crippen LogP contribution < -0.4 is 10.2 Å². The summed E-state index contributed by atoms with van der Waals surface area (Å²) in [5, 5.41) is 8.14. The van der Waals surface area contributed by atoms with Crippen LogP contribution in [0.4, 0.5) is 11.4 Å². The molecule has 2 aromatic heterocycles. The molecule has 0 spiro atoms. The lowest BCUT2D eigenvalue weighted by Crippen LogP contribution is -2.40. The van der Waals surface area contributed by atoms with Crippen molar-refractivity contribution < 1.29 is 17.9 Å². The van der Waals surface area contributed by atoms with E-state index in [0.717, 1.165) is 48.3 Å². The smallest absolute Gasteiger partial charge is 0.257 e. The quantitative estimate of drug-likeness (QED) is 0.591. The van der Waals surface area contributed by atoms with Crippen molar-refractivity contribution in [2.24, 2.45) is 7.05 Å². The van der Waals surface area contributed by atoms with E-state index in [0.29, 0.717) is 37.6 Å². The van der Waals surface area contributed by atoms with E-state index in [-0.39, 0.29) is 10.8 Å². The number of anilines is 2. The molecule has 2 fully saturated rings. The van der Waals surface area contributed by atoms with Crippen molar-refractivity contribution in [3.05, 3.63) is 41.7 Å². The molecule has 2 aliphatic rings. The maximum atomic E-state index is 13.5. The number of rotatable bonds is 5. The van der Waals surface area contributed by atoms with Gasteiger partial charge in [-0.05, 0) is 44.0 Å². The molecule has 1 aromatic carbocycles. The molecule has 0 bridgehead atoms. The largest absolute Gasteiger partial charge is 0.379 e. The van der Waals surface area contributed by atoms with Crippen molar-refractivity contribution in [1.82, 2.24) is 19.1 Å². The number of amides is 1. The Labute approximate surface area is 198 Å². The Balaban J connectivity index is 1.50. The average molecular weight is 485 g/mol. The average Bonchev–Trinajstić information content (AvgIpc) is 3.47. The molecule has 180 valence electrons. The zero-order valence-corrected chi connectivity index (χ0v) is 20.1. The van der Waals surface area contributed by atoms with Crippen molar-refractivity contribution in [3.63, 3.8) is 0 Å². The van der Waals surface area contributed by atoms with Crippen LogP contribution in [0, 0.1) is 6.92 Å². The molecule has 4 heterocycles. The van der Waals surface area contributed by atoms with Crippen LogP contribution in [-0.2, 0) is 21.8 Å². The first-order chi connectivity index (χ1) is 16.3. The maximum absolute atomic E-state index is 13.5. The Morgan fingerprint density at radius 2 is 1.82 bits per heavy atom. The van der Waals surface area contributed by atoms with Crippen molar-refractivity contribution in [3.8, 4) is 0 Å². The first kappa shape index (κ1) is 22.8. The molecule has 0 unspecified atom stereocenters. The number of carbonyl (C=O) groups excluding carboxylic acids is 1. The summed E-state index contributed by atoms with van der Waals surface area (Å²) in [7, 11) is -1.91. The molecule has 0 aliphatic carbocycles. The summed E-state index contributed by atoms with van der Waals surface area (Å²) in [5.74, 6) is -0.372. The molecular weight excluding hydrogens is 456 g/mol. The topological polar surface area (TPSA) is 110 Å². The van der Waals surface area contributed by atoms with E-state index < -0.39 is 10.0 Å². The minimum absolute atomic E-state index is 0.110. The van der Waals surface area contributed by atoms with Gasteiger partial charge in [0.25, 0.3) is 5.91 Å². The van der Waals surface area contributed by atoms with Crippen molar-refractivity contribution in [2.75, 3.05) is 49.6 Å². The van der Waals surface area contributed by atoms with Gasteiger partial charge in [0.1, 0.15) is 0 Å². The number of pyridine rings is 1. The highest BCUT2D eigenvalue weighted by atomic mass is 32.2. The van der Waals surface area contributed by atoms with Gasteiger partial charge < -0.3 is 15.0 Å². The summed E-state index contributed by atoms with van der Waals surface area (Å²) in [6, 6.07) is 6.68. The predicted molar refractivity (Wildman–Crippen MR) is 129 cm³/mol. The number of fused-ring (bicyclic) bond motifs is 1. The van der Waals surface area contributed by atoms with Crippen LogP contribution >= 0.6 is 0 Å². The lowest BCUT2D eigenvalue weighted by atomic mass is 10.1. The lowest BCUT2D eigenvalue weighted by Gasteiger charge is -2.27. The fourth-order valence-electron chi connectivity index (χ4n) is 4.60. The monoisotopic (exact) mass is 484 g/mol. The van der Waals surface area contributed by atoms with Gasteiger partial charge in [0.15, 0.2) is 5.65 Å². The number of benzene rings is 1. The maximum Gasteiger partial charge on any atom is 0.257 e. The second-order valence-electron chi connectivity index (χ2n) is 8.65. The van der Waals surface area contributed by atoms with Crippen LogP contribution in [0.5, 0.6) is 0 Å². The van der Waals surface area contributed by atoms with Gasteiger partial charge in [-0.15, -0.1) is 0 Å². The Kier molecular flexibility index (Phi) is 6.00. The zero-order chi connectivity index (χ0) is 23.9. The zero-order valence-electron chi connectivity index (χ0n) is 19.3. The second kappa shape index (κ2) is 8.97. The number of hydrogen-bond acceptors (Lipinski definition) is 7. The van der Waals surface area contributed by atoms with E-state index in [9.17, 15) is 13.2 Å². The highest BCUT2D eigenvalue weighted by Gasteiger charge is 2.29. The minimum atomic E-state index is -3.73. The normalized spacial score (nSPS) is 17.4. The summed E-state index contributed by atoms with van der Waals surface area (Å²) >= 11 is 0. The van der Waals surface area contributed by atoms with Crippen LogP contribution in [0.15, 0.2) is 35.4 Å². The third-order valence-electron chi connectivity index (χ3n) is 6.39. The van der Waals surface area contributed by atoms with Crippen molar-refractivity contribution >= 4 is 38.3 Å². The molecule has 0 radical (unpaired) electrons. The molecule has 1 amide bonds. The Morgan fingerprint density at radius 3 is 2.56 bits per heavy atom. The number of nitrogens with one attached hydrogen (secondary N) is 1. The predicted octanol–water partition coefficient (Wildman–Crippen LogP) is 2.15. The third kappa shape index (κ3) is 4.15. The van der Waals surface area contributed by atoms with Gasteiger partial charge in [-0.3, -0.25) is 9.48 Å². The molecule has 3 aromatic rings. The SMILES string of the molecule is Cc1nn(C)c2ncc(NC(=O)c3cc(S(=O)(=O)N4CCOCC4)ccc3N3CCCC3)cc12. The van der Waals surface area contributed by atoms with E-state index in [4.69, 9.17) is 4.74 Å². The van der Waals surface area contributed by atoms with Crippen LogP contribution in [0.2, 0.25) is 0 Å². The number of sulfonamides is 1. The van der Waals surface area contributed by atoms with E-state index in [1.165, 1.54) is 10.4 Å². The van der Waals surface area contributed by atoms with Gasteiger partial charge in [0.2, 0.25) is 10.0 Å². The highest BCUT2D eigenvalue weighted by Crippen LogP contribution is 2.30. The Morgan fingerprint density at radius 1 is 1.09 bits per heavy atom. The molecule has 34 heavy (non-hydrogen) atoms. The van der Waals surface area contributed by atoms with E-state index in [1.54, 1.807) is 23.0 Å². The summed E-state index contributed by atoms with van der Waals surface area (Å²) in [5.41, 5.74) is 3.15. The standard InChI is InChI=1S/C23H28N6O4S/c1-16-19-13-17(15-24-22(19)27(2)26-16)25-23(30)20-14-18(5-6-21(20)28-7-3-4-8-28)34(31,32)29-9-11-33-12-10-29/h5-6,13-15H,3-4,7-12H2,1-2H3,(H,25,30). The molecule has 0 atom stereocenters. The summed E-state index contributed by atoms with van der Waals surface area (Å²) in [4.78, 5) is 20.1. The van der Waals surface area contributed by atoms with Crippen LogP contribution in [-0.4, -0.2) is 72.8 Å². The number of aromatic nitrogens is 3. The van der Waals surface area contributed by atoms with Gasteiger partial charge in [-0.2, -0.15) is 9.40 Å². The van der Waals surface area contributed by atoms with Crippen molar-refractivity contribution in [2.45, 2.75) is 24.7 Å².